The number of nitrogens with zero attached hydrogens (tertiary/aromatic N) is 3. The predicted octanol–water partition coefficient (Wildman–Crippen LogP) is -0.698. The largest absolute Gasteiger partial charge is 0.345 e. The summed E-state index contributed by atoms with van der Waals surface area (Å²) in [5.41, 5.74) is 3.54. The van der Waals surface area contributed by atoms with E-state index in [0.29, 0.717) is 25.1 Å². The van der Waals surface area contributed by atoms with Crippen LogP contribution in [0, 0.1) is 0 Å². The van der Waals surface area contributed by atoms with E-state index in [1.807, 2.05) is 6.07 Å². The molecule has 0 spiro atoms. The zero-order valence-electron chi connectivity index (χ0n) is 9.43. The molecule has 7 heteroatoms. The lowest BCUT2D eigenvalue weighted by Crippen LogP contribution is -2.36. The summed E-state index contributed by atoms with van der Waals surface area (Å²) in [7, 11) is 1.81. The number of hydrazone groups is 1. The summed E-state index contributed by atoms with van der Waals surface area (Å²) in [6, 6.07) is 1.82. The Labute approximate surface area is 97.9 Å². The number of carbonyl (C=O) groups is 2. The van der Waals surface area contributed by atoms with Gasteiger partial charge in [-0.05, 0) is 6.07 Å². The van der Waals surface area contributed by atoms with Crippen LogP contribution in [0.1, 0.15) is 18.5 Å². The maximum absolute atomic E-state index is 11.7. The fourth-order valence-electron chi connectivity index (χ4n) is 1.49. The number of nitrogens with one attached hydrogen (secondary N) is 2. The van der Waals surface area contributed by atoms with E-state index in [2.05, 4.69) is 20.9 Å². The molecule has 0 bridgehead atoms. The highest BCUT2D eigenvalue weighted by Gasteiger charge is 2.17. The van der Waals surface area contributed by atoms with Crippen LogP contribution in [0.3, 0.4) is 0 Å². The first kappa shape index (κ1) is 11.3. The van der Waals surface area contributed by atoms with Gasteiger partial charge in [0.25, 0.3) is 5.91 Å². The highest BCUT2D eigenvalue weighted by Crippen LogP contribution is 2.00. The van der Waals surface area contributed by atoms with E-state index in [4.69, 9.17) is 0 Å². The van der Waals surface area contributed by atoms with Gasteiger partial charge in [-0.25, -0.2) is 5.43 Å². The highest BCUT2D eigenvalue weighted by molar-refractivity contribution is 6.39. The maximum Gasteiger partial charge on any atom is 0.267 e. The van der Waals surface area contributed by atoms with E-state index in [1.54, 1.807) is 17.9 Å². The third kappa shape index (κ3) is 2.68. The predicted molar refractivity (Wildman–Crippen MR) is 59.9 cm³/mol. The molecule has 0 aromatic carbocycles. The second-order valence-electron chi connectivity index (χ2n) is 3.72. The molecule has 0 fully saturated rings. The van der Waals surface area contributed by atoms with Gasteiger partial charge in [-0.15, -0.1) is 0 Å². The van der Waals surface area contributed by atoms with Crippen molar-refractivity contribution in [2.24, 2.45) is 12.1 Å². The lowest BCUT2D eigenvalue weighted by atomic mass is 10.1. The fourth-order valence-corrected chi connectivity index (χ4v) is 1.49. The van der Waals surface area contributed by atoms with Crippen LogP contribution in [0.4, 0.5) is 0 Å². The molecule has 17 heavy (non-hydrogen) atoms. The lowest BCUT2D eigenvalue weighted by molar-refractivity contribution is -0.121. The molecule has 2 heterocycles. The highest BCUT2D eigenvalue weighted by atomic mass is 16.2. The molecule has 2 N–H and O–H groups in total. The van der Waals surface area contributed by atoms with Crippen molar-refractivity contribution in [3.8, 4) is 0 Å². The van der Waals surface area contributed by atoms with Gasteiger partial charge in [-0.3, -0.25) is 14.3 Å². The van der Waals surface area contributed by atoms with Crippen molar-refractivity contribution in [3.05, 3.63) is 18.0 Å². The molecule has 0 saturated carbocycles. The minimum Gasteiger partial charge on any atom is -0.345 e. The zero-order valence-corrected chi connectivity index (χ0v) is 9.43. The summed E-state index contributed by atoms with van der Waals surface area (Å²) >= 11 is 0. The van der Waals surface area contributed by atoms with E-state index >= 15 is 0 Å². The smallest absolute Gasteiger partial charge is 0.267 e. The molecule has 1 aromatic rings. The second kappa shape index (κ2) is 4.77. The normalized spacial score (nSPS) is 15.1. The number of hydrogen-bond donors (Lipinski definition) is 2. The first-order valence-corrected chi connectivity index (χ1v) is 5.27. The molecular formula is C10H13N5O2. The fraction of sp³-hybridized carbons (Fsp3) is 0.400. The van der Waals surface area contributed by atoms with E-state index in [-0.39, 0.29) is 11.8 Å². The van der Waals surface area contributed by atoms with Gasteiger partial charge < -0.3 is 5.32 Å². The van der Waals surface area contributed by atoms with E-state index < -0.39 is 0 Å². The Morgan fingerprint density at radius 2 is 2.41 bits per heavy atom. The van der Waals surface area contributed by atoms with Crippen LogP contribution in [-0.2, 0) is 23.2 Å². The molecular weight excluding hydrogens is 222 g/mol. The van der Waals surface area contributed by atoms with Gasteiger partial charge in [-0.1, -0.05) is 0 Å². The van der Waals surface area contributed by atoms with Crippen LogP contribution in [0.5, 0.6) is 0 Å². The lowest BCUT2D eigenvalue weighted by Gasteiger charge is -2.11. The monoisotopic (exact) mass is 235 g/mol. The Kier molecular flexibility index (Phi) is 3.17. The third-order valence-electron chi connectivity index (χ3n) is 2.52. The second-order valence-corrected chi connectivity index (χ2v) is 3.72. The standard InChI is InChI=1S/C10H13N5O2/c1-15-7(4-5-12-15)6-11-10(17)8-2-3-9(16)14-13-8/h4-5H,2-3,6H2,1H3,(H,11,17)(H,14,16). The van der Waals surface area contributed by atoms with Crippen LogP contribution >= 0.6 is 0 Å². The third-order valence-corrected chi connectivity index (χ3v) is 2.52. The molecule has 90 valence electrons. The molecule has 0 aliphatic carbocycles. The number of hydrogen-bond acceptors (Lipinski definition) is 4. The molecule has 1 aromatic heterocycles. The van der Waals surface area contributed by atoms with Crippen molar-refractivity contribution in [1.82, 2.24) is 20.5 Å². The summed E-state index contributed by atoms with van der Waals surface area (Å²) in [5.74, 6) is -0.417. The van der Waals surface area contributed by atoms with Gasteiger partial charge in [0, 0.05) is 26.1 Å². The summed E-state index contributed by atoms with van der Waals surface area (Å²) in [6.07, 6.45) is 2.35. The van der Waals surface area contributed by atoms with Crippen LogP contribution in [0.25, 0.3) is 0 Å². The van der Waals surface area contributed by atoms with E-state index in [9.17, 15) is 9.59 Å². The van der Waals surface area contributed by atoms with E-state index in [0.717, 1.165) is 5.69 Å². The molecule has 2 rings (SSSR count). The van der Waals surface area contributed by atoms with Crippen molar-refractivity contribution in [2.45, 2.75) is 19.4 Å². The van der Waals surface area contributed by atoms with Crippen molar-refractivity contribution in [2.75, 3.05) is 0 Å². The SMILES string of the molecule is Cn1nccc1CNC(=O)C1=NNC(=O)CC1. The maximum atomic E-state index is 11.7. The van der Waals surface area contributed by atoms with Crippen LogP contribution < -0.4 is 10.7 Å². The Balaban J connectivity index is 1.90. The van der Waals surface area contributed by atoms with Crippen molar-refractivity contribution in [3.63, 3.8) is 0 Å². The molecule has 1 aliphatic rings. The van der Waals surface area contributed by atoms with Gasteiger partial charge in [0.15, 0.2) is 0 Å². The first-order chi connectivity index (χ1) is 8.16. The van der Waals surface area contributed by atoms with E-state index in [1.165, 1.54) is 0 Å². The first-order valence-electron chi connectivity index (χ1n) is 5.27. The van der Waals surface area contributed by atoms with Gasteiger partial charge in [0.2, 0.25) is 5.91 Å². The molecule has 2 amide bonds. The molecule has 0 atom stereocenters. The number of aromatic nitrogens is 2. The minimum atomic E-state index is -0.258. The van der Waals surface area contributed by atoms with Crippen molar-refractivity contribution in [1.29, 1.82) is 0 Å². The number of amides is 2. The van der Waals surface area contributed by atoms with Crippen LogP contribution in [0.15, 0.2) is 17.4 Å². The number of rotatable bonds is 3. The summed E-state index contributed by atoms with van der Waals surface area (Å²) in [6.45, 7) is 0.391. The summed E-state index contributed by atoms with van der Waals surface area (Å²) in [4.78, 5) is 22.5. The Bertz CT molecular complexity index is 477. The van der Waals surface area contributed by atoms with Gasteiger partial charge >= 0.3 is 0 Å². The van der Waals surface area contributed by atoms with Crippen LogP contribution in [-0.4, -0.2) is 27.3 Å². The number of carbonyl (C=O) groups excluding carboxylic acids is 2. The Morgan fingerprint density at radius 3 is 3.00 bits per heavy atom. The van der Waals surface area contributed by atoms with Gasteiger partial charge in [0.1, 0.15) is 5.71 Å². The Hall–Kier alpha value is -2.18. The van der Waals surface area contributed by atoms with Gasteiger partial charge in [-0.2, -0.15) is 10.2 Å². The average molecular weight is 235 g/mol. The summed E-state index contributed by atoms with van der Waals surface area (Å²) in [5, 5.41) is 10.4. The average Bonchev–Trinajstić information content (AvgIpc) is 2.73. The van der Waals surface area contributed by atoms with Gasteiger partial charge in [0.05, 0.1) is 12.2 Å². The minimum absolute atomic E-state index is 0.159. The topological polar surface area (TPSA) is 88.4 Å². The van der Waals surface area contributed by atoms with Crippen molar-refractivity contribution < 1.29 is 9.59 Å². The molecule has 0 saturated heterocycles. The summed E-state index contributed by atoms with van der Waals surface area (Å²) < 4.78 is 1.69. The molecule has 0 radical (unpaired) electrons. The number of aryl methyl sites for hydroxylation is 1. The van der Waals surface area contributed by atoms with Crippen LogP contribution in [0.2, 0.25) is 0 Å². The molecule has 7 nitrogen and oxygen atoms in total. The Morgan fingerprint density at radius 1 is 1.59 bits per heavy atom. The quantitative estimate of drug-likeness (QED) is 0.726. The molecule has 1 aliphatic heterocycles. The zero-order chi connectivity index (χ0) is 12.3. The van der Waals surface area contributed by atoms with Crippen molar-refractivity contribution >= 4 is 17.5 Å². The molecule has 0 unspecified atom stereocenters.